The minimum atomic E-state index is 0.481. The van der Waals surface area contributed by atoms with Gasteiger partial charge >= 0.3 is 0 Å². The van der Waals surface area contributed by atoms with E-state index in [1.807, 2.05) is 0 Å². The molecular formula is C9H15Cl. The molecule has 0 aromatic carbocycles. The molecule has 1 heteroatoms. The van der Waals surface area contributed by atoms with Crippen LogP contribution in [-0.2, 0) is 0 Å². The summed E-state index contributed by atoms with van der Waals surface area (Å²) in [5, 5.41) is 0.676. The fourth-order valence-corrected chi connectivity index (χ4v) is 1.57. The molecule has 0 aromatic rings. The van der Waals surface area contributed by atoms with Crippen LogP contribution in [0.2, 0.25) is 0 Å². The smallest absolute Gasteiger partial charge is 0.0368 e. The molecule has 0 aliphatic heterocycles. The predicted molar refractivity (Wildman–Crippen MR) is 48.2 cm³/mol. The zero-order valence-electron chi connectivity index (χ0n) is 7.16. The Morgan fingerprint density at radius 1 is 1.30 bits per heavy atom. The SMILES string of the molecule is C=C(Cl)C(=C(C)C)C(C)C. The van der Waals surface area contributed by atoms with E-state index in [4.69, 9.17) is 11.6 Å². The molecule has 0 N–H and O–H groups in total. The average molecular weight is 159 g/mol. The van der Waals surface area contributed by atoms with E-state index in [1.165, 1.54) is 11.1 Å². The van der Waals surface area contributed by atoms with E-state index >= 15 is 0 Å². The predicted octanol–water partition coefficient (Wildman–Crippen LogP) is 3.73. The molecular weight excluding hydrogens is 144 g/mol. The molecule has 58 valence electrons. The lowest BCUT2D eigenvalue weighted by atomic mass is 9.99. The number of allylic oxidation sites excluding steroid dienone is 3. The number of rotatable bonds is 2. The van der Waals surface area contributed by atoms with Gasteiger partial charge in [-0.2, -0.15) is 0 Å². The Balaban J connectivity index is 4.61. The van der Waals surface area contributed by atoms with Crippen molar-refractivity contribution < 1.29 is 0 Å². The van der Waals surface area contributed by atoms with Gasteiger partial charge in [-0.25, -0.2) is 0 Å². The van der Waals surface area contributed by atoms with Crippen LogP contribution in [0.3, 0.4) is 0 Å². The van der Waals surface area contributed by atoms with Crippen LogP contribution in [0.4, 0.5) is 0 Å². The van der Waals surface area contributed by atoms with E-state index in [9.17, 15) is 0 Å². The quantitative estimate of drug-likeness (QED) is 0.538. The van der Waals surface area contributed by atoms with Gasteiger partial charge in [-0.15, -0.1) is 0 Å². The summed E-state index contributed by atoms with van der Waals surface area (Å²) in [5.41, 5.74) is 2.44. The molecule has 0 unspecified atom stereocenters. The summed E-state index contributed by atoms with van der Waals surface area (Å²) in [6.07, 6.45) is 0. The molecule has 0 radical (unpaired) electrons. The van der Waals surface area contributed by atoms with E-state index < -0.39 is 0 Å². The normalized spacial score (nSPS) is 9.80. The van der Waals surface area contributed by atoms with E-state index in [0.717, 1.165) is 0 Å². The molecule has 0 fully saturated rings. The fourth-order valence-electron chi connectivity index (χ4n) is 1.16. The third-order valence-electron chi connectivity index (χ3n) is 1.41. The van der Waals surface area contributed by atoms with Crippen LogP contribution in [0.15, 0.2) is 22.8 Å². The van der Waals surface area contributed by atoms with Gasteiger partial charge in [-0.1, -0.05) is 37.6 Å². The number of hydrogen-bond acceptors (Lipinski definition) is 0. The molecule has 0 heterocycles. The van der Waals surface area contributed by atoms with Gasteiger partial charge in [0.05, 0.1) is 0 Å². The van der Waals surface area contributed by atoms with Crippen LogP contribution in [0, 0.1) is 5.92 Å². The number of halogens is 1. The lowest BCUT2D eigenvalue weighted by Gasteiger charge is -2.11. The highest BCUT2D eigenvalue weighted by molar-refractivity contribution is 6.31. The molecule has 0 saturated carbocycles. The molecule has 0 bridgehead atoms. The van der Waals surface area contributed by atoms with Crippen LogP contribution in [0.5, 0.6) is 0 Å². The van der Waals surface area contributed by atoms with Crippen LogP contribution >= 0.6 is 11.6 Å². The fraction of sp³-hybridized carbons (Fsp3) is 0.556. The Labute approximate surface area is 68.6 Å². The maximum absolute atomic E-state index is 5.78. The van der Waals surface area contributed by atoms with Gasteiger partial charge in [0.2, 0.25) is 0 Å². The van der Waals surface area contributed by atoms with Crippen LogP contribution in [-0.4, -0.2) is 0 Å². The van der Waals surface area contributed by atoms with Crippen LogP contribution in [0.1, 0.15) is 27.7 Å². The molecule has 0 rings (SSSR count). The van der Waals surface area contributed by atoms with Gasteiger partial charge in [-0.3, -0.25) is 0 Å². The van der Waals surface area contributed by atoms with Crippen molar-refractivity contribution in [1.82, 2.24) is 0 Å². The highest BCUT2D eigenvalue weighted by Crippen LogP contribution is 2.24. The van der Waals surface area contributed by atoms with E-state index in [1.54, 1.807) is 0 Å². The van der Waals surface area contributed by atoms with Gasteiger partial charge in [0, 0.05) is 5.03 Å². The first-order valence-corrected chi connectivity index (χ1v) is 3.86. The average Bonchev–Trinajstić information content (AvgIpc) is 1.59. The zero-order chi connectivity index (χ0) is 8.31. The first kappa shape index (κ1) is 9.77. The van der Waals surface area contributed by atoms with Gasteiger partial charge in [-0.05, 0) is 25.3 Å². The van der Waals surface area contributed by atoms with Crippen LogP contribution < -0.4 is 0 Å². The first-order valence-electron chi connectivity index (χ1n) is 3.49. The van der Waals surface area contributed by atoms with E-state index in [2.05, 4.69) is 34.3 Å². The molecule has 0 aromatic heterocycles. The van der Waals surface area contributed by atoms with E-state index in [-0.39, 0.29) is 0 Å². The maximum Gasteiger partial charge on any atom is 0.0368 e. The second kappa shape index (κ2) is 3.82. The van der Waals surface area contributed by atoms with Gasteiger partial charge in [0.15, 0.2) is 0 Å². The molecule has 0 spiro atoms. The second-order valence-corrected chi connectivity index (χ2v) is 3.43. The molecule has 0 nitrogen and oxygen atoms in total. The third kappa shape index (κ3) is 2.57. The van der Waals surface area contributed by atoms with E-state index in [0.29, 0.717) is 11.0 Å². The molecule has 0 amide bonds. The monoisotopic (exact) mass is 158 g/mol. The Hall–Kier alpha value is -0.230. The van der Waals surface area contributed by atoms with Crippen molar-refractivity contribution in [3.63, 3.8) is 0 Å². The summed E-state index contributed by atoms with van der Waals surface area (Å²) in [7, 11) is 0. The summed E-state index contributed by atoms with van der Waals surface area (Å²) >= 11 is 5.78. The van der Waals surface area contributed by atoms with Crippen molar-refractivity contribution >= 4 is 11.6 Å². The second-order valence-electron chi connectivity index (χ2n) is 2.97. The molecule has 0 aliphatic rings. The summed E-state index contributed by atoms with van der Waals surface area (Å²) in [6, 6.07) is 0. The van der Waals surface area contributed by atoms with Crippen molar-refractivity contribution in [2.24, 2.45) is 5.92 Å². The summed E-state index contributed by atoms with van der Waals surface area (Å²) in [5.74, 6) is 0.481. The maximum atomic E-state index is 5.78. The van der Waals surface area contributed by atoms with Crippen molar-refractivity contribution in [3.05, 3.63) is 22.8 Å². The highest BCUT2D eigenvalue weighted by atomic mass is 35.5. The zero-order valence-corrected chi connectivity index (χ0v) is 7.92. The number of hydrogen-bond donors (Lipinski definition) is 0. The molecule has 10 heavy (non-hydrogen) atoms. The third-order valence-corrected chi connectivity index (χ3v) is 1.61. The Morgan fingerprint density at radius 2 is 1.70 bits per heavy atom. The largest absolute Gasteiger partial charge is 0.0847 e. The van der Waals surface area contributed by atoms with Crippen LogP contribution in [0.25, 0.3) is 0 Å². The summed E-state index contributed by atoms with van der Waals surface area (Å²) in [6.45, 7) is 12.1. The van der Waals surface area contributed by atoms with Gasteiger partial charge in [0.1, 0.15) is 0 Å². The Bertz CT molecular complexity index is 160. The summed E-state index contributed by atoms with van der Waals surface area (Å²) in [4.78, 5) is 0. The standard InChI is InChI=1S/C9H15Cl/c1-6(2)9(7(3)4)8(5)10/h6H,5H2,1-4H3. The Morgan fingerprint density at radius 3 is 1.70 bits per heavy atom. The first-order chi connectivity index (χ1) is 4.46. The summed E-state index contributed by atoms with van der Waals surface area (Å²) < 4.78 is 0. The van der Waals surface area contributed by atoms with Crippen molar-refractivity contribution in [2.45, 2.75) is 27.7 Å². The topological polar surface area (TPSA) is 0 Å². The minimum absolute atomic E-state index is 0.481. The molecule has 0 atom stereocenters. The highest BCUT2D eigenvalue weighted by Gasteiger charge is 2.06. The Kier molecular flexibility index (Phi) is 3.73. The van der Waals surface area contributed by atoms with Gasteiger partial charge < -0.3 is 0 Å². The lowest BCUT2D eigenvalue weighted by molar-refractivity contribution is 0.776. The lowest BCUT2D eigenvalue weighted by Crippen LogP contribution is -1.95. The molecule has 0 aliphatic carbocycles. The minimum Gasteiger partial charge on any atom is -0.0847 e. The van der Waals surface area contributed by atoms with Gasteiger partial charge in [0.25, 0.3) is 0 Å². The van der Waals surface area contributed by atoms with Crippen molar-refractivity contribution in [2.75, 3.05) is 0 Å². The molecule has 0 saturated heterocycles. The van der Waals surface area contributed by atoms with Crippen molar-refractivity contribution in [1.29, 1.82) is 0 Å². The van der Waals surface area contributed by atoms with Crippen molar-refractivity contribution in [3.8, 4) is 0 Å².